The van der Waals surface area contributed by atoms with Gasteiger partial charge in [-0.05, 0) is 78.9 Å². The van der Waals surface area contributed by atoms with Crippen LogP contribution < -0.4 is 0 Å². The molecule has 0 heterocycles. The minimum atomic E-state index is 1.07. The van der Waals surface area contributed by atoms with Crippen molar-refractivity contribution in [2.75, 3.05) is 0 Å². The lowest BCUT2D eigenvalue weighted by atomic mass is 9.80. The van der Waals surface area contributed by atoms with Crippen molar-refractivity contribution in [2.45, 2.75) is 12.8 Å². The first kappa shape index (κ1) is 20.9. The van der Waals surface area contributed by atoms with Crippen LogP contribution in [-0.4, -0.2) is 0 Å². The summed E-state index contributed by atoms with van der Waals surface area (Å²) < 4.78 is 0. The number of benzene rings is 6. The highest BCUT2D eigenvalue weighted by molar-refractivity contribution is 6.22. The SMILES string of the molecule is C1=Cc2c(-c3c4ccccc4c(-c4ccccc4)c4ccccc34)ccc(-c3ccccc3)c2CC1. The number of allylic oxidation sites excluding steroid dienone is 1. The van der Waals surface area contributed by atoms with Crippen molar-refractivity contribution < 1.29 is 0 Å². The van der Waals surface area contributed by atoms with Crippen molar-refractivity contribution >= 4 is 27.6 Å². The van der Waals surface area contributed by atoms with Crippen molar-refractivity contribution in [3.63, 3.8) is 0 Å². The Morgan fingerprint density at radius 2 is 0.917 bits per heavy atom. The first-order valence-electron chi connectivity index (χ1n) is 12.8. The van der Waals surface area contributed by atoms with Crippen LogP contribution in [0.1, 0.15) is 17.5 Å². The second kappa shape index (κ2) is 8.66. The smallest absolute Gasteiger partial charge is 0.00202 e. The van der Waals surface area contributed by atoms with E-state index in [1.165, 1.54) is 66.1 Å². The van der Waals surface area contributed by atoms with Crippen LogP contribution >= 0.6 is 0 Å². The molecule has 0 nitrogen and oxygen atoms in total. The fraction of sp³-hybridized carbons (Fsp3) is 0.0556. The van der Waals surface area contributed by atoms with Crippen molar-refractivity contribution in [1.29, 1.82) is 0 Å². The molecule has 0 atom stereocenters. The molecule has 0 bridgehead atoms. The lowest BCUT2D eigenvalue weighted by molar-refractivity contribution is 0.989. The molecule has 1 aliphatic carbocycles. The topological polar surface area (TPSA) is 0 Å². The minimum absolute atomic E-state index is 1.07. The van der Waals surface area contributed by atoms with Gasteiger partial charge in [0.15, 0.2) is 0 Å². The van der Waals surface area contributed by atoms with Gasteiger partial charge in [0.25, 0.3) is 0 Å². The number of rotatable bonds is 3. The van der Waals surface area contributed by atoms with Gasteiger partial charge < -0.3 is 0 Å². The van der Waals surface area contributed by atoms with E-state index < -0.39 is 0 Å². The molecule has 0 spiro atoms. The van der Waals surface area contributed by atoms with Crippen LogP contribution in [0.15, 0.2) is 127 Å². The average Bonchev–Trinajstić information content (AvgIpc) is 2.96. The van der Waals surface area contributed by atoms with Crippen molar-refractivity contribution in [3.8, 4) is 33.4 Å². The third kappa shape index (κ3) is 3.30. The molecular formula is C36H26. The summed E-state index contributed by atoms with van der Waals surface area (Å²) in [6, 6.07) is 44.2. The van der Waals surface area contributed by atoms with Crippen LogP contribution in [0.3, 0.4) is 0 Å². The molecule has 0 N–H and O–H groups in total. The van der Waals surface area contributed by atoms with E-state index in [1.54, 1.807) is 0 Å². The van der Waals surface area contributed by atoms with Crippen molar-refractivity contribution in [2.24, 2.45) is 0 Å². The van der Waals surface area contributed by atoms with Gasteiger partial charge in [0.2, 0.25) is 0 Å². The molecule has 0 aliphatic heterocycles. The van der Waals surface area contributed by atoms with E-state index in [9.17, 15) is 0 Å². The summed E-state index contributed by atoms with van der Waals surface area (Å²) in [5, 5.41) is 5.23. The molecule has 0 saturated carbocycles. The van der Waals surface area contributed by atoms with Gasteiger partial charge in [-0.15, -0.1) is 0 Å². The molecule has 6 aromatic rings. The molecule has 7 rings (SSSR count). The summed E-state index contributed by atoms with van der Waals surface area (Å²) >= 11 is 0. The maximum atomic E-state index is 2.36. The molecule has 6 aromatic carbocycles. The summed E-state index contributed by atoms with van der Waals surface area (Å²) in [5.41, 5.74) is 10.7. The molecule has 0 unspecified atom stereocenters. The van der Waals surface area contributed by atoms with Gasteiger partial charge in [0.1, 0.15) is 0 Å². The van der Waals surface area contributed by atoms with E-state index in [4.69, 9.17) is 0 Å². The standard InChI is InChI=1S/C36H26/c1-3-13-25(14-4-1)27-23-24-34(29-18-8-7-17-28(27)29)36-32-21-11-9-19-30(32)35(26-15-5-2-6-16-26)31-20-10-12-22-33(31)36/h1-6,8-16,18-24H,7,17H2. The van der Waals surface area contributed by atoms with Gasteiger partial charge >= 0.3 is 0 Å². The first-order valence-corrected chi connectivity index (χ1v) is 12.8. The monoisotopic (exact) mass is 458 g/mol. The normalized spacial score (nSPS) is 12.7. The Bertz CT molecular complexity index is 1700. The predicted molar refractivity (Wildman–Crippen MR) is 155 cm³/mol. The third-order valence-corrected chi connectivity index (χ3v) is 7.55. The zero-order valence-electron chi connectivity index (χ0n) is 20.1. The van der Waals surface area contributed by atoms with Gasteiger partial charge in [-0.3, -0.25) is 0 Å². The van der Waals surface area contributed by atoms with E-state index in [1.807, 2.05) is 0 Å². The summed E-state index contributed by atoms with van der Waals surface area (Å²) in [4.78, 5) is 0. The lowest BCUT2D eigenvalue weighted by Crippen LogP contribution is -2.01. The van der Waals surface area contributed by atoms with Crippen molar-refractivity contribution in [3.05, 3.63) is 139 Å². The van der Waals surface area contributed by atoms with E-state index in [-0.39, 0.29) is 0 Å². The zero-order valence-corrected chi connectivity index (χ0v) is 20.1. The Morgan fingerprint density at radius 3 is 1.53 bits per heavy atom. The van der Waals surface area contributed by atoms with Gasteiger partial charge in [0, 0.05) is 0 Å². The molecule has 0 amide bonds. The molecule has 0 radical (unpaired) electrons. The molecule has 0 fully saturated rings. The van der Waals surface area contributed by atoms with Crippen LogP contribution in [0.25, 0.3) is 61.0 Å². The number of hydrogen-bond donors (Lipinski definition) is 0. The van der Waals surface area contributed by atoms with Crippen LogP contribution in [-0.2, 0) is 6.42 Å². The Kier molecular flexibility index (Phi) is 5.03. The first-order chi connectivity index (χ1) is 17.9. The lowest BCUT2D eigenvalue weighted by Gasteiger charge is -2.23. The van der Waals surface area contributed by atoms with E-state index in [0.717, 1.165) is 12.8 Å². The zero-order chi connectivity index (χ0) is 23.9. The summed E-state index contributed by atoms with van der Waals surface area (Å²) in [6.07, 6.45) is 6.85. The van der Waals surface area contributed by atoms with Crippen LogP contribution in [0, 0.1) is 0 Å². The van der Waals surface area contributed by atoms with Gasteiger partial charge in [-0.25, -0.2) is 0 Å². The third-order valence-electron chi connectivity index (χ3n) is 7.55. The van der Waals surface area contributed by atoms with E-state index >= 15 is 0 Å². The number of fused-ring (bicyclic) bond motifs is 3. The van der Waals surface area contributed by atoms with Gasteiger partial charge in [-0.2, -0.15) is 0 Å². The van der Waals surface area contributed by atoms with Crippen molar-refractivity contribution in [1.82, 2.24) is 0 Å². The highest BCUT2D eigenvalue weighted by Gasteiger charge is 2.21. The largest absolute Gasteiger partial charge is 0.0836 e. The van der Waals surface area contributed by atoms with Gasteiger partial charge in [0.05, 0.1) is 0 Å². The highest BCUT2D eigenvalue weighted by Crippen LogP contribution is 2.46. The summed E-state index contributed by atoms with van der Waals surface area (Å²) in [5.74, 6) is 0. The van der Waals surface area contributed by atoms with Crippen LogP contribution in [0.5, 0.6) is 0 Å². The predicted octanol–water partition coefficient (Wildman–Crippen LogP) is 9.95. The Hall–Kier alpha value is -4.42. The van der Waals surface area contributed by atoms with E-state index in [2.05, 4.69) is 133 Å². The molecule has 0 aromatic heterocycles. The summed E-state index contributed by atoms with van der Waals surface area (Å²) in [6.45, 7) is 0. The van der Waals surface area contributed by atoms with Crippen LogP contribution in [0.4, 0.5) is 0 Å². The highest BCUT2D eigenvalue weighted by atomic mass is 14.2. The second-order valence-corrected chi connectivity index (χ2v) is 9.57. The second-order valence-electron chi connectivity index (χ2n) is 9.57. The number of hydrogen-bond acceptors (Lipinski definition) is 0. The molecular weight excluding hydrogens is 432 g/mol. The summed E-state index contributed by atoms with van der Waals surface area (Å²) in [7, 11) is 0. The molecule has 0 saturated heterocycles. The van der Waals surface area contributed by atoms with E-state index in [0.29, 0.717) is 0 Å². The Balaban J connectivity index is 1.60. The quantitative estimate of drug-likeness (QED) is 0.231. The molecule has 36 heavy (non-hydrogen) atoms. The van der Waals surface area contributed by atoms with Crippen LogP contribution in [0.2, 0.25) is 0 Å². The fourth-order valence-corrected chi connectivity index (χ4v) is 5.99. The maximum Gasteiger partial charge on any atom is -0.00202 e. The molecule has 0 heteroatoms. The van der Waals surface area contributed by atoms with Gasteiger partial charge in [-0.1, -0.05) is 133 Å². The molecule has 170 valence electrons. The minimum Gasteiger partial charge on any atom is -0.0836 e. The Labute approximate surface area is 212 Å². The molecule has 1 aliphatic rings. The average molecular weight is 459 g/mol. The Morgan fingerprint density at radius 1 is 0.417 bits per heavy atom. The fourth-order valence-electron chi connectivity index (χ4n) is 5.99. The maximum absolute atomic E-state index is 2.36.